The lowest BCUT2D eigenvalue weighted by molar-refractivity contribution is 0.422. The Morgan fingerprint density at radius 3 is 2.17 bits per heavy atom. The zero-order chi connectivity index (χ0) is 20.2. The first-order valence-electron chi connectivity index (χ1n) is 10.6. The van der Waals surface area contributed by atoms with Gasteiger partial charge in [0.15, 0.2) is 0 Å². The molecule has 1 aliphatic rings. The van der Waals surface area contributed by atoms with Crippen molar-refractivity contribution in [1.82, 2.24) is 0 Å². The monoisotopic (exact) mass is 413 g/mol. The fraction of sp³-hybridized carbons (Fsp3) is 0.231. The van der Waals surface area contributed by atoms with E-state index in [1.165, 1.54) is 46.4 Å². The predicted molar refractivity (Wildman–Crippen MR) is 128 cm³/mol. The maximum absolute atomic E-state index is 6.47. The van der Waals surface area contributed by atoms with Gasteiger partial charge < -0.3 is 8.39 Å². The standard InChI is InChI=1S/C26H24NO2P/c1-27(2)30-28-23-15-13-18-7-3-4-10-20(18)25(23)26-22-12-6-11-19(17-8-5-9-17)21(22)14-16-24(26)29-30/h3-4,6-7,10-17H,5,8-9H2,1-2H3. The van der Waals surface area contributed by atoms with Gasteiger partial charge in [-0.3, -0.25) is 0 Å². The second kappa shape index (κ2) is 6.91. The number of nitrogens with zero attached hydrogens (tertiary/aromatic N) is 1. The molecule has 0 N–H and O–H groups in total. The van der Waals surface area contributed by atoms with Gasteiger partial charge in [0.05, 0.1) is 0 Å². The lowest BCUT2D eigenvalue weighted by Crippen LogP contribution is -2.08. The largest absolute Gasteiger partial charge is 0.408 e. The van der Waals surface area contributed by atoms with Gasteiger partial charge in [-0.1, -0.05) is 61.0 Å². The number of hydrogen-bond donors (Lipinski definition) is 0. The molecule has 1 heterocycles. The number of benzene rings is 4. The normalized spacial score (nSPS) is 15.4. The number of hydrogen-bond acceptors (Lipinski definition) is 3. The van der Waals surface area contributed by atoms with Gasteiger partial charge in [0.25, 0.3) is 0 Å². The first-order chi connectivity index (χ1) is 14.7. The van der Waals surface area contributed by atoms with E-state index in [0.29, 0.717) is 5.92 Å². The van der Waals surface area contributed by atoms with Crippen LogP contribution in [0.25, 0.3) is 43.5 Å². The Bertz CT molecular complexity index is 1460. The minimum absolute atomic E-state index is 0.681. The second-order valence-electron chi connectivity index (χ2n) is 8.44. The third-order valence-electron chi connectivity index (χ3n) is 6.42. The molecule has 1 unspecified atom stereocenters. The van der Waals surface area contributed by atoms with E-state index in [0.717, 1.165) is 21.9 Å². The molecule has 5 aromatic rings. The quantitative estimate of drug-likeness (QED) is 0.293. The van der Waals surface area contributed by atoms with Crippen LogP contribution in [0.5, 0.6) is 0 Å². The summed E-state index contributed by atoms with van der Waals surface area (Å²) in [5.41, 5.74) is 3.28. The van der Waals surface area contributed by atoms with E-state index in [9.17, 15) is 0 Å². The summed E-state index contributed by atoms with van der Waals surface area (Å²) in [6.45, 7) is 0. The van der Waals surface area contributed by atoms with Crippen LogP contribution in [0.1, 0.15) is 30.7 Å². The van der Waals surface area contributed by atoms with Crippen LogP contribution in [0.15, 0.2) is 75.1 Å². The lowest BCUT2D eigenvalue weighted by Gasteiger charge is -2.27. The van der Waals surface area contributed by atoms with Crippen molar-refractivity contribution in [3.63, 3.8) is 0 Å². The summed E-state index contributed by atoms with van der Waals surface area (Å²) >= 11 is 0. The van der Waals surface area contributed by atoms with Crippen LogP contribution in [0.2, 0.25) is 0 Å². The summed E-state index contributed by atoms with van der Waals surface area (Å²) in [5, 5.41) is 7.33. The molecule has 0 bridgehead atoms. The van der Waals surface area contributed by atoms with Crippen molar-refractivity contribution in [1.29, 1.82) is 0 Å². The minimum atomic E-state index is -1.22. The molecule has 150 valence electrons. The van der Waals surface area contributed by atoms with Gasteiger partial charge >= 0.3 is 8.16 Å². The van der Waals surface area contributed by atoms with Gasteiger partial charge in [0.1, 0.15) is 11.2 Å². The van der Waals surface area contributed by atoms with E-state index in [4.69, 9.17) is 8.39 Å². The van der Waals surface area contributed by atoms with Gasteiger partial charge in [-0.05, 0) is 58.0 Å². The van der Waals surface area contributed by atoms with Gasteiger partial charge in [0.2, 0.25) is 0 Å². The van der Waals surface area contributed by atoms with E-state index >= 15 is 0 Å². The molecule has 6 rings (SSSR count). The zero-order valence-corrected chi connectivity index (χ0v) is 18.2. The van der Waals surface area contributed by atoms with Crippen LogP contribution in [-0.2, 0) is 0 Å². The minimum Gasteiger partial charge on any atom is -0.408 e. The molecule has 1 fully saturated rings. The SMILES string of the molecule is CN(C)p1oc2ccc3ccccc3c2c2c(ccc3c(C4CCC4)cccc32)o1. The third kappa shape index (κ3) is 2.70. The van der Waals surface area contributed by atoms with Crippen molar-refractivity contribution in [2.75, 3.05) is 18.8 Å². The molecular weight excluding hydrogens is 389 g/mol. The van der Waals surface area contributed by atoms with E-state index in [2.05, 4.69) is 66.7 Å². The maximum Gasteiger partial charge on any atom is 0.309 e. The zero-order valence-electron chi connectivity index (χ0n) is 17.3. The Labute approximate surface area is 176 Å². The maximum atomic E-state index is 6.47. The molecule has 30 heavy (non-hydrogen) atoms. The molecular formula is C26H24NO2P. The highest BCUT2D eigenvalue weighted by Crippen LogP contribution is 2.44. The summed E-state index contributed by atoms with van der Waals surface area (Å²) < 4.78 is 14.9. The highest BCUT2D eigenvalue weighted by Gasteiger charge is 2.22. The first-order valence-corrected chi connectivity index (χ1v) is 11.7. The average molecular weight is 413 g/mol. The van der Waals surface area contributed by atoms with Crippen LogP contribution in [0.4, 0.5) is 0 Å². The molecule has 1 aromatic heterocycles. The van der Waals surface area contributed by atoms with Crippen molar-refractivity contribution in [3.05, 3.63) is 72.3 Å². The fourth-order valence-electron chi connectivity index (χ4n) is 4.71. The van der Waals surface area contributed by atoms with E-state index in [1.54, 1.807) is 0 Å². The number of rotatable bonds is 2. The summed E-state index contributed by atoms with van der Waals surface area (Å²) in [4.78, 5) is 0. The molecule has 1 aliphatic carbocycles. The molecule has 0 aliphatic heterocycles. The van der Waals surface area contributed by atoms with Crippen molar-refractivity contribution >= 4 is 51.6 Å². The summed E-state index contributed by atoms with van der Waals surface area (Å²) in [6, 6.07) is 24.0. The molecule has 4 aromatic carbocycles. The van der Waals surface area contributed by atoms with Crippen LogP contribution in [0.3, 0.4) is 0 Å². The van der Waals surface area contributed by atoms with Crippen LogP contribution < -0.4 is 4.67 Å². The van der Waals surface area contributed by atoms with E-state index in [-0.39, 0.29) is 0 Å². The topological polar surface area (TPSA) is 29.5 Å². The fourth-order valence-corrected chi connectivity index (χ4v) is 5.71. The molecule has 0 radical (unpaired) electrons. The van der Waals surface area contributed by atoms with Gasteiger partial charge in [0, 0.05) is 24.9 Å². The Kier molecular flexibility index (Phi) is 4.16. The van der Waals surface area contributed by atoms with E-state index < -0.39 is 8.16 Å². The molecule has 4 heteroatoms. The highest BCUT2D eigenvalue weighted by atomic mass is 31.1. The molecule has 0 saturated heterocycles. The van der Waals surface area contributed by atoms with Crippen molar-refractivity contribution in [2.45, 2.75) is 25.2 Å². The van der Waals surface area contributed by atoms with E-state index in [1.807, 2.05) is 18.8 Å². The molecule has 1 saturated carbocycles. The van der Waals surface area contributed by atoms with Crippen LogP contribution in [-0.4, -0.2) is 14.1 Å². The molecule has 3 nitrogen and oxygen atoms in total. The highest BCUT2D eigenvalue weighted by molar-refractivity contribution is 7.38. The molecule has 1 atom stereocenters. The smallest absolute Gasteiger partial charge is 0.309 e. The number of fused-ring (bicyclic) bond motifs is 7. The predicted octanol–water partition coefficient (Wildman–Crippen LogP) is 8.06. The second-order valence-corrected chi connectivity index (χ2v) is 10.1. The van der Waals surface area contributed by atoms with Gasteiger partial charge in [-0.15, -0.1) is 0 Å². The average Bonchev–Trinajstić information content (AvgIpc) is 2.90. The Morgan fingerprint density at radius 2 is 1.43 bits per heavy atom. The summed E-state index contributed by atoms with van der Waals surface area (Å²) in [5.74, 6) is 0.681. The van der Waals surface area contributed by atoms with Crippen molar-refractivity contribution < 1.29 is 8.39 Å². The Morgan fingerprint density at radius 1 is 0.733 bits per heavy atom. The summed E-state index contributed by atoms with van der Waals surface area (Å²) in [7, 11) is 2.79. The van der Waals surface area contributed by atoms with Gasteiger partial charge in [-0.25, -0.2) is 4.67 Å². The molecule has 0 amide bonds. The summed E-state index contributed by atoms with van der Waals surface area (Å²) in [6.07, 6.45) is 3.92. The van der Waals surface area contributed by atoms with Crippen LogP contribution in [0, 0.1) is 0 Å². The lowest BCUT2D eigenvalue weighted by atomic mass is 9.78. The first kappa shape index (κ1) is 18.1. The molecule has 0 spiro atoms. The van der Waals surface area contributed by atoms with Crippen molar-refractivity contribution in [2.24, 2.45) is 0 Å². The van der Waals surface area contributed by atoms with Crippen LogP contribution >= 0.6 is 8.16 Å². The van der Waals surface area contributed by atoms with Crippen molar-refractivity contribution in [3.8, 4) is 0 Å². The Balaban J connectivity index is 1.89. The third-order valence-corrected chi connectivity index (χ3v) is 7.78. The Hall–Kier alpha value is -2.74. The van der Waals surface area contributed by atoms with Gasteiger partial charge in [-0.2, -0.15) is 0 Å².